The monoisotopic (exact) mass is 640 g/mol. The Bertz CT molecular complexity index is 1550. The maximum Gasteiger partial charge on any atom is 0.254 e. The number of rotatable bonds is 8. The van der Waals surface area contributed by atoms with E-state index in [1.165, 1.54) is 0 Å². The molecule has 2 heterocycles. The lowest BCUT2D eigenvalue weighted by Gasteiger charge is -2.24. The summed E-state index contributed by atoms with van der Waals surface area (Å²) in [5.41, 5.74) is 23.7. The van der Waals surface area contributed by atoms with Crippen molar-refractivity contribution in [3.63, 3.8) is 0 Å². The van der Waals surface area contributed by atoms with Gasteiger partial charge in [0.15, 0.2) is 11.9 Å². The summed E-state index contributed by atoms with van der Waals surface area (Å²) in [5.74, 6) is -0.488. The highest BCUT2D eigenvalue weighted by atomic mass is 35.5. The van der Waals surface area contributed by atoms with E-state index in [-0.39, 0.29) is 48.7 Å². The maximum absolute atomic E-state index is 12.6. The van der Waals surface area contributed by atoms with Crippen molar-refractivity contribution in [1.29, 1.82) is 0 Å². The second kappa shape index (κ2) is 12.8. The first kappa shape index (κ1) is 31.3. The Kier molecular flexibility index (Phi) is 9.12. The second-order valence-electron chi connectivity index (χ2n) is 11.6. The smallest absolute Gasteiger partial charge is 0.254 e. The van der Waals surface area contributed by atoms with Gasteiger partial charge in [-0.15, -0.1) is 0 Å². The van der Waals surface area contributed by atoms with Gasteiger partial charge >= 0.3 is 0 Å². The third kappa shape index (κ3) is 7.31. The van der Waals surface area contributed by atoms with Crippen molar-refractivity contribution in [3.05, 3.63) is 68.7 Å². The molecule has 2 fully saturated rings. The molecule has 0 radical (unpaired) electrons. The molecule has 0 saturated heterocycles. The number of fused-ring (bicyclic) bond motifs is 2. The van der Waals surface area contributed by atoms with Gasteiger partial charge < -0.3 is 32.7 Å². The molecule has 6 rings (SSSR count). The summed E-state index contributed by atoms with van der Waals surface area (Å²) in [7, 11) is 0. The number of amides is 4. The van der Waals surface area contributed by atoms with Crippen LogP contribution in [0.25, 0.3) is 0 Å². The number of aliphatic imine (C=N–C) groups is 2. The number of halogens is 2. The Morgan fingerprint density at radius 2 is 1.14 bits per heavy atom. The summed E-state index contributed by atoms with van der Waals surface area (Å²) in [6.45, 7) is 1.32. The molecule has 2 unspecified atom stereocenters. The van der Waals surface area contributed by atoms with Gasteiger partial charge in [0.2, 0.25) is 0 Å². The molecule has 4 aliphatic rings. The average molecular weight is 642 g/mol. The first-order valence-corrected chi connectivity index (χ1v) is 15.1. The molecule has 0 spiro atoms. The first-order chi connectivity index (χ1) is 20.9. The van der Waals surface area contributed by atoms with Crippen molar-refractivity contribution in [2.75, 3.05) is 13.1 Å². The molecule has 12 nitrogen and oxygen atoms in total. The zero-order chi connectivity index (χ0) is 31.7. The van der Waals surface area contributed by atoms with Crippen LogP contribution in [0.4, 0.5) is 0 Å². The van der Waals surface area contributed by atoms with Gasteiger partial charge in [-0.2, -0.15) is 9.98 Å². The van der Waals surface area contributed by atoms with E-state index in [4.69, 9.17) is 46.1 Å². The van der Waals surface area contributed by atoms with Gasteiger partial charge in [0.25, 0.3) is 23.6 Å². The predicted octanol–water partition coefficient (Wildman–Crippen LogP) is 2.87. The first-order valence-electron chi connectivity index (χ1n) is 14.4. The molecule has 8 N–H and O–H groups in total. The van der Waals surface area contributed by atoms with Crippen LogP contribution in [0.15, 0.2) is 46.4 Å². The van der Waals surface area contributed by atoms with Gasteiger partial charge in [-0.1, -0.05) is 29.3 Å². The Morgan fingerprint density at radius 3 is 1.64 bits per heavy atom. The fraction of sp³-hybridized carbons (Fsp3) is 0.400. The van der Waals surface area contributed by atoms with Crippen LogP contribution in [0.5, 0.6) is 0 Å². The molecule has 232 valence electrons. The van der Waals surface area contributed by atoms with E-state index in [9.17, 15) is 19.2 Å². The number of carbonyl (C=O) groups excluding carboxylic acids is 4. The SMILES string of the molecule is NC(N)=NC(=O)CC1c2cc(Cl)ccc2C(=O)N1CC1CC1.NC(N)=NC(=O)CC1c2ccc(Cl)cc2C(=O)N1CC1CC1. The average Bonchev–Trinajstić information content (AvgIpc) is 3.87. The van der Waals surface area contributed by atoms with E-state index in [1.54, 1.807) is 46.2 Å². The minimum atomic E-state index is -0.438. The number of guanidine groups is 2. The molecule has 0 aromatic heterocycles. The minimum absolute atomic E-state index is 0.0546. The van der Waals surface area contributed by atoms with Crippen LogP contribution in [-0.4, -0.2) is 58.4 Å². The Labute approximate surface area is 264 Å². The summed E-state index contributed by atoms with van der Waals surface area (Å²) in [4.78, 5) is 59.6. The van der Waals surface area contributed by atoms with E-state index in [1.807, 2.05) is 0 Å². The summed E-state index contributed by atoms with van der Waals surface area (Å²) in [6, 6.07) is 9.66. The van der Waals surface area contributed by atoms with E-state index in [0.29, 0.717) is 46.1 Å². The van der Waals surface area contributed by atoms with Crippen LogP contribution in [0.3, 0.4) is 0 Å². The zero-order valence-corrected chi connectivity index (χ0v) is 25.4. The van der Waals surface area contributed by atoms with Gasteiger partial charge in [-0.05, 0) is 79.0 Å². The van der Waals surface area contributed by atoms with Crippen LogP contribution in [0.1, 0.15) is 82.5 Å². The molecule has 0 bridgehead atoms. The maximum atomic E-state index is 12.6. The van der Waals surface area contributed by atoms with Gasteiger partial charge in [0, 0.05) is 34.3 Å². The molecule has 2 saturated carbocycles. The van der Waals surface area contributed by atoms with Crippen molar-refractivity contribution >= 4 is 58.7 Å². The number of nitrogens with two attached hydrogens (primary N) is 4. The van der Waals surface area contributed by atoms with Gasteiger partial charge in [0.1, 0.15) is 0 Å². The zero-order valence-electron chi connectivity index (χ0n) is 23.9. The molecule has 14 heteroatoms. The van der Waals surface area contributed by atoms with Gasteiger partial charge in [-0.3, -0.25) is 19.2 Å². The fourth-order valence-electron chi connectivity index (χ4n) is 5.66. The number of hydrogen-bond donors (Lipinski definition) is 4. The van der Waals surface area contributed by atoms with Crippen molar-refractivity contribution in [2.24, 2.45) is 44.8 Å². The molecule has 4 amide bonds. The number of carbonyl (C=O) groups is 4. The quantitative estimate of drug-likeness (QED) is 0.249. The van der Waals surface area contributed by atoms with Crippen LogP contribution in [0.2, 0.25) is 10.0 Å². The number of benzene rings is 2. The Balaban J connectivity index is 0.000000175. The van der Waals surface area contributed by atoms with Crippen molar-refractivity contribution in [1.82, 2.24) is 9.80 Å². The standard InChI is InChI=1S/2C15H17ClN4O2/c16-9-3-4-10-11(5-9)12(6-13(21)19-15(17)18)20(14(10)22)7-8-1-2-8;16-9-3-4-10-11(5-9)14(22)20(7-8-1-2-8)12(10)6-13(21)19-15(17)18/h2*3-5,8,12H,1-2,6-7H2,(H4,17,18,19,21). The van der Waals surface area contributed by atoms with E-state index in [0.717, 1.165) is 36.8 Å². The van der Waals surface area contributed by atoms with Crippen LogP contribution < -0.4 is 22.9 Å². The second-order valence-corrected chi connectivity index (χ2v) is 12.4. The lowest BCUT2D eigenvalue weighted by molar-refractivity contribution is -0.119. The molecule has 2 atom stereocenters. The normalized spacial score (nSPS) is 20.0. The largest absolute Gasteiger partial charge is 0.370 e. The molecule has 2 aromatic carbocycles. The molecular weight excluding hydrogens is 607 g/mol. The van der Waals surface area contributed by atoms with Crippen molar-refractivity contribution < 1.29 is 19.2 Å². The Morgan fingerprint density at radius 1 is 0.682 bits per heavy atom. The summed E-state index contributed by atoms with van der Waals surface area (Å²) in [5, 5.41) is 1.05. The highest BCUT2D eigenvalue weighted by Crippen LogP contribution is 2.42. The molecule has 2 aliphatic heterocycles. The van der Waals surface area contributed by atoms with E-state index >= 15 is 0 Å². The number of nitrogens with zero attached hydrogens (tertiary/aromatic N) is 4. The lowest BCUT2D eigenvalue weighted by atomic mass is 10.0. The van der Waals surface area contributed by atoms with Crippen LogP contribution >= 0.6 is 23.2 Å². The van der Waals surface area contributed by atoms with Crippen LogP contribution in [0, 0.1) is 11.8 Å². The molecular formula is C30H34Cl2N8O4. The Hall–Kier alpha value is -4.16. The third-order valence-corrected chi connectivity index (χ3v) is 8.50. The highest BCUT2D eigenvalue weighted by Gasteiger charge is 2.41. The number of hydrogen-bond acceptors (Lipinski definition) is 4. The molecule has 2 aliphatic carbocycles. The lowest BCUT2D eigenvalue weighted by Crippen LogP contribution is -2.32. The van der Waals surface area contributed by atoms with Gasteiger partial charge in [-0.25, -0.2) is 0 Å². The topological polar surface area (TPSA) is 204 Å². The van der Waals surface area contributed by atoms with E-state index in [2.05, 4.69) is 9.98 Å². The van der Waals surface area contributed by atoms with E-state index < -0.39 is 11.8 Å². The predicted molar refractivity (Wildman–Crippen MR) is 167 cm³/mol. The highest BCUT2D eigenvalue weighted by molar-refractivity contribution is 6.31. The van der Waals surface area contributed by atoms with Crippen molar-refractivity contribution in [2.45, 2.75) is 50.6 Å². The summed E-state index contributed by atoms with van der Waals surface area (Å²) < 4.78 is 0. The van der Waals surface area contributed by atoms with Crippen LogP contribution in [-0.2, 0) is 9.59 Å². The molecule has 2 aromatic rings. The summed E-state index contributed by atoms with van der Waals surface area (Å²) in [6.07, 6.45) is 4.62. The third-order valence-electron chi connectivity index (χ3n) is 8.03. The van der Waals surface area contributed by atoms with Gasteiger partial charge in [0.05, 0.1) is 24.9 Å². The minimum Gasteiger partial charge on any atom is -0.370 e. The fourth-order valence-corrected chi connectivity index (χ4v) is 6.02. The molecule has 44 heavy (non-hydrogen) atoms. The summed E-state index contributed by atoms with van der Waals surface area (Å²) >= 11 is 12.0. The van der Waals surface area contributed by atoms with Crippen molar-refractivity contribution in [3.8, 4) is 0 Å².